The van der Waals surface area contributed by atoms with Gasteiger partial charge in [0.25, 0.3) is 0 Å². The average Bonchev–Trinajstić information content (AvgIpc) is 2.63. The molecule has 1 atom stereocenters. The van der Waals surface area contributed by atoms with Crippen LogP contribution in [0.4, 0.5) is 9.59 Å². The van der Waals surface area contributed by atoms with Crippen molar-refractivity contribution < 1.29 is 29.0 Å². The fourth-order valence-corrected chi connectivity index (χ4v) is 2.93. The highest BCUT2D eigenvalue weighted by Crippen LogP contribution is 2.19. The maximum atomic E-state index is 12.6. The number of ether oxygens (including phenoxy) is 2. The monoisotopic (exact) mass is 392 g/mol. The Morgan fingerprint density at radius 1 is 1.11 bits per heavy atom. The van der Waals surface area contributed by atoms with E-state index in [0.29, 0.717) is 6.54 Å². The molecule has 0 spiro atoms. The Morgan fingerprint density at radius 3 is 2.39 bits per heavy atom. The van der Waals surface area contributed by atoms with E-state index in [1.807, 2.05) is 30.3 Å². The van der Waals surface area contributed by atoms with Gasteiger partial charge in [-0.15, -0.1) is 0 Å². The molecule has 1 aromatic rings. The van der Waals surface area contributed by atoms with Crippen LogP contribution in [0.25, 0.3) is 0 Å². The first-order valence-corrected chi connectivity index (χ1v) is 9.33. The summed E-state index contributed by atoms with van der Waals surface area (Å²) in [6, 6.07) is 8.87. The molecule has 8 heteroatoms. The van der Waals surface area contributed by atoms with Gasteiger partial charge in [0.1, 0.15) is 12.2 Å². The van der Waals surface area contributed by atoms with Gasteiger partial charge in [-0.3, -0.25) is 4.79 Å². The molecule has 0 radical (unpaired) electrons. The third-order valence-corrected chi connectivity index (χ3v) is 4.27. The molecule has 28 heavy (non-hydrogen) atoms. The molecular formula is C20H28N2O6. The van der Waals surface area contributed by atoms with Crippen molar-refractivity contribution in [3.05, 3.63) is 35.9 Å². The molecule has 2 rings (SSSR count). The molecule has 2 amide bonds. The number of piperazine rings is 1. The predicted octanol–water partition coefficient (Wildman–Crippen LogP) is 3.11. The summed E-state index contributed by atoms with van der Waals surface area (Å²) in [5, 5.41) is 9.01. The van der Waals surface area contributed by atoms with Gasteiger partial charge >= 0.3 is 18.2 Å². The van der Waals surface area contributed by atoms with E-state index in [1.165, 1.54) is 9.80 Å². The van der Waals surface area contributed by atoms with E-state index in [1.54, 1.807) is 20.8 Å². The maximum Gasteiger partial charge on any atom is 0.410 e. The first-order valence-electron chi connectivity index (χ1n) is 9.33. The molecule has 0 aliphatic carbocycles. The van der Waals surface area contributed by atoms with Gasteiger partial charge in [-0.05, 0) is 32.8 Å². The first-order chi connectivity index (χ1) is 13.2. The first kappa shape index (κ1) is 21.5. The van der Waals surface area contributed by atoms with Gasteiger partial charge in [0.15, 0.2) is 0 Å². The van der Waals surface area contributed by atoms with Crippen LogP contribution in [0, 0.1) is 0 Å². The van der Waals surface area contributed by atoms with Crippen molar-refractivity contribution in [1.29, 1.82) is 0 Å². The normalized spacial score (nSPS) is 17.2. The summed E-state index contributed by atoms with van der Waals surface area (Å²) in [5.74, 6) is -0.952. The molecule has 0 saturated carbocycles. The Morgan fingerprint density at radius 2 is 1.79 bits per heavy atom. The van der Waals surface area contributed by atoms with Crippen LogP contribution in [-0.4, -0.2) is 64.3 Å². The number of carboxylic acids is 1. The number of rotatable bonds is 5. The van der Waals surface area contributed by atoms with Crippen LogP contribution in [0.2, 0.25) is 0 Å². The third kappa shape index (κ3) is 6.75. The smallest absolute Gasteiger partial charge is 0.410 e. The number of carbonyl (C=O) groups is 3. The van der Waals surface area contributed by atoms with E-state index < -0.39 is 29.8 Å². The Labute approximate surface area is 165 Å². The highest BCUT2D eigenvalue weighted by molar-refractivity contribution is 5.71. The SMILES string of the molecule is CC(C)(C)OC(=O)N1CCN(C(=O)OCc2ccccc2)C(CCC(=O)O)C1. The maximum absolute atomic E-state index is 12.6. The van der Waals surface area contributed by atoms with E-state index in [-0.39, 0.29) is 32.5 Å². The van der Waals surface area contributed by atoms with E-state index >= 15 is 0 Å². The minimum Gasteiger partial charge on any atom is -0.481 e. The molecule has 1 fully saturated rings. The standard InChI is InChI=1S/C20H28N2O6/c1-20(2,3)28-18(25)21-11-12-22(16(13-21)9-10-17(23)24)19(26)27-14-15-7-5-4-6-8-15/h4-8,16H,9-14H2,1-3H3,(H,23,24). The molecule has 1 saturated heterocycles. The van der Waals surface area contributed by atoms with Crippen LogP contribution in [0.15, 0.2) is 30.3 Å². The van der Waals surface area contributed by atoms with Crippen LogP contribution in [0.5, 0.6) is 0 Å². The summed E-state index contributed by atoms with van der Waals surface area (Å²) in [7, 11) is 0. The zero-order valence-electron chi connectivity index (χ0n) is 16.6. The molecule has 1 aliphatic rings. The summed E-state index contributed by atoms with van der Waals surface area (Å²) in [6.07, 6.45) is -0.849. The highest BCUT2D eigenvalue weighted by atomic mass is 16.6. The lowest BCUT2D eigenvalue weighted by molar-refractivity contribution is -0.137. The number of nitrogens with zero attached hydrogens (tertiary/aromatic N) is 2. The summed E-state index contributed by atoms with van der Waals surface area (Å²) in [4.78, 5) is 38.9. The van der Waals surface area contributed by atoms with Crippen LogP contribution in [-0.2, 0) is 20.9 Å². The summed E-state index contributed by atoms with van der Waals surface area (Å²) in [6.45, 7) is 6.26. The molecule has 1 aromatic carbocycles. The zero-order valence-corrected chi connectivity index (χ0v) is 16.6. The number of amides is 2. The Kier molecular flexibility index (Phi) is 7.25. The summed E-state index contributed by atoms with van der Waals surface area (Å²) < 4.78 is 10.8. The topological polar surface area (TPSA) is 96.4 Å². The van der Waals surface area contributed by atoms with Crippen molar-refractivity contribution in [2.45, 2.75) is 51.9 Å². The van der Waals surface area contributed by atoms with Gasteiger partial charge in [-0.1, -0.05) is 30.3 Å². The third-order valence-electron chi connectivity index (χ3n) is 4.27. The fraction of sp³-hybridized carbons (Fsp3) is 0.550. The lowest BCUT2D eigenvalue weighted by Crippen LogP contribution is -2.57. The van der Waals surface area contributed by atoms with E-state index in [9.17, 15) is 14.4 Å². The lowest BCUT2D eigenvalue weighted by atomic mass is 10.1. The van der Waals surface area contributed by atoms with Crippen LogP contribution in [0.3, 0.4) is 0 Å². The summed E-state index contributed by atoms with van der Waals surface area (Å²) >= 11 is 0. The van der Waals surface area contributed by atoms with Crippen molar-refractivity contribution in [2.24, 2.45) is 0 Å². The molecule has 154 valence electrons. The zero-order chi connectivity index (χ0) is 20.7. The van der Waals surface area contributed by atoms with Crippen molar-refractivity contribution in [3.63, 3.8) is 0 Å². The molecule has 1 aliphatic heterocycles. The second-order valence-corrected chi connectivity index (χ2v) is 7.75. The predicted molar refractivity (Wildman–Crippen MR) is 102 cm³/mol. The molecule has 1 heterocycles. The van der Waals surface area contributed by atoms with Crippen molar-refractivity contribution in [3.8, 4) is 0 Å². The number of hydrogen-bond donors (Lipinski definition) is 1. The van der Waals surface area contributed by atoms with E-state index in [2.05, 4.69) is 0 Å². The van der Waals surface area contributed by atoms with Gasteiger partial charge in [0.05, 0.1) is 6.04 Å². The molecular weight excluding hydrogens is 364 g/mol. The minimum atomic E-state index is -0.952. The van der Waals surface area contributed by atoms with Crippen LogP contribution in [0.1, 0.15) is 39.2 Å². The largest absolute Gasteiger partial charge is 0.481 e. The van der Waals surface area contributed by atoms with Crippen molar-refractivity contribution in [2.75, 3.05) is 19.6 Å². The molecule has 1 unspecified atom stereocenters. The Balaban J connectivity index is 2.00. The molecule has 0 bridgehead atoms. The van der Waals surface area contributed by atoms with Gasteiger partial charge in [0, 0.05) is 26.1 Å². The van der Waals surface area contributed by atoms with Gasteiger partial charge in [-0.25, -0.2) is 9.59 Å². The highest BCUT2D eigenvalue weighted by Gasteiger charge is 2.35. The van der Waals surface area contributed by atoms with E-state index in [0.717, 1.165) is 5.56 Å². The van der Waals surface area contributed by atoms with Crippen LogP contribution < -0.4 is 0 Å². The number of carbonyl (C=O) groups excluding carboxylic acids is 2. The molecule has 0 aromatic heterocycles. The lowest BCUT2D eigenvalue weighted by Gasteiger charge is -2.40. The van der Waals surface area contributed by atoms with Gasteiger partial charge in [-0.2, -0.15) is 0 Å². The van der Waals surface area contributed by atoms with Gasteiger partial charge < -0.3 is 24.4 Å². The second-order valence-electron chi connectivity index (χ2n) is 7.75. The molecule has 8 nitrogen and oxygen atoms in total. The van der Waals surface area contributed by atoms with Crippen molar-refractivity contribution in [1.82, 2.24) is 9.80 Å². The Hall–Kier alpha value is -2.77. The van der Waals surface area contributed by atoms with Gasteiger partial charge in [0.2, 0.25) is 0 Å². The number of aliphatic carboxylic acids is 1. The van der Waals surface area contributed by atoms with Crippen molar-refractivity contribution >= 4 is 18.2 Å². The van der Waals surface area contributed by atoms with E-state index in [4.69, 9.17) is 14.6 Å². The minimum absolute atomic E-state index is 0.102. The number of hydrogen-bond acceptors (Lipinski definition) is 5. The average molecular weight is 392 g/mol. The quantitative estimate of drug-likeness (QED) is 0.827. The summed E-state index contributed by atoms with van der Waals surface area (Å²) in [5.41, 5.74) is 0.240. The number of carboxylic acid groups (broad SMARTS) is 1. The fourth-order valence-electron chi connectivity index (χ4n) is 2.93. The number of benzene rings is 1. The van der Waals surface area contributed by atoms with Crippen LogP contribution >= 0.6 is 0 Å². The molecule has 1 N–H and O–H groups in total. The second kappa shape index (κ2) is 9.43. The Bertz CT molecular complexity index is 686.